The highest BCUT2D eigenvalue weighted by molar-refractivity contribution is 5.86. The van der Waals surface area contributed by atoms with Crippen LogP contribution in [0.1, 0.15) is 37.3 Å². The van der Waals surface area contributed by atoms with Crippen molar-refractivity contribution in [1.82, 2.24) is 4.98 Å². The number of carbonyl (C=O) groups excluding carboxylic acids is 1. The first-order valence-electron chi connectivity index (χ1n) is 11.8. The van der Waals surface area contributed by atoms with E-state index in [4.69, 9.17) is 14.2 Å². The maximum atomic E-state index is 11.6. The molecule has 4 rings (SSSR count). The van der Waals surface area contributed by atoms with Gasteiger partial charge in [0.2, 0.25) is 0 Å². The quantitative estimate of drug-likeness (QED) is 0.201. The van der Waals surface area contributed by atoms with Crippen LogP contribution in [0.2, 0.25) is 0 Å². The summed E-state index contributed by atoms with van der Waals surface area (Å²) < 4.78 is 16.8. The van der Waals surface area contributed by atoms with Gasteiger partial charge in [0.05, 0.1) is 13.7 Å². The zero-order valence-electron chi connectivity index (χ0n) is 19.8. The first kappa shape index (κ1) is 23.4. The van der Waals surface area contributed by atoms with E-state index in [1.165, 1.54) is 7.11 Å². The van der Waals surface area contributed by atoms with Gasteiger partial charge in [0.1, 0.15) is 18.1 Å². The monoisotopic (exact) mass is 457 g/mol. The van der Waals surface area contributed by atoms with E-state index in [9.17, 15) is 4.79 Å². The number of nitrogens with one attached hydrogen (secondary N) is 1. The molecule has 0 amide bonds. The van der Waals surface area contributed by atoms with Crippen LogP contribution >= 0.6 is 0 Å². The third-order valence-corrected chi connectivity index (χ3v) is 5.84. The molecule has 1 heterocycles. The molecule has 0 saturated heterocycles. The molecule has 0 aliphatic heterocycles. The number of H-pyrrole nitrogens is 1. The van der Waals surface area contributed by atoms with Gasteiger partial charge in [-0.15, -0.1) is 0 Å². The third kappa shape index (κ3) is 5.98. The van der Waals surface area contributed by atoms with Gasteiger partial charge in [-0.1, -0.05) is 37.6 Å². The minimum atomic E-state index is -0.210. The standard InChI is InChI=1S/C29H31NO4/c1-3-4-17-33-25-10-5-22(6-11-25)20-34-28-13-7-21(8-14-29(31)32-2)18-26(28)23-9-12-27-24(19-23)15-16-30-27/h5-7,9-13,15-16,18-19,30H,3-4,8,14,17,20H2,1-2H3. The molecule has 0 spiro atoms. The van der Waals surface area contributed by atoms with Gasteiger partial charge in [-0.2, -0.15) is 0 Å². The molecule has 0 saturated carbocycles. The molecule has 176 valence electrons. The summed E-state index contributed by atoms with van der Waals surface area (Å²) >= 11 is 0. The topological polar surface area (TPSA) is 60.6 Å². The van der Waals surface area contributed by atoms with Crippen molar-refractivity contribution >= 4 is 16.9 Å². The lowest BCUT2D eigenvalue weighted by atomic mass is 9.98. The van der Waals surface area contributed by atoms with E-state index in [2.05, 4.69) is 42.2 Å². The summed E-state index contributed by atoms with van der Waals surface area (Å²) in [6.07, 6.45) is 5.07. The molecular formula is C29H31NO4. The predicted octanol–water partition coefficient (Wildman–Crippen LogP) is 6.70. The summed E-state index contributed by atoms with van der Waals surface area (Å²) in [5.74, 6) is 1.48. The van der Waals surface area contributed by atoms with Gasteiger partial charge in [0.25, 0.3) is 0 Å². The fourth-order valence-corrected chi connectivity index (χ4v) is 3.83. The molecule has 5 nitrogen and oxygen atoms in total. The number of unbranched alkanes of at least 4 members (excludes halogenated alkanes) is 1. The number of aryl methyl sites for hydroxylation is 1. The zero-order chi connectivity index (χ0) is 23.8. The molecule has 1 aromatic heterocycles. The number of carbonyl (C=O) groups is 1. The minimum absolute atomic E-state index is 0.210. The predicted molar refractivity (Wildman–Crippen MR) is 135 cm³/mol. The SMILES string of the molecule is CCCCOc1ccc(COc2ccc(CCC(=O)OC)cc2-c2ccc3[nH]ccc3c2)cc1. The number of methoxy groups -OCH3 is 1. The summed E-state index contributed by atoms with van der Waals surface area (Å²) in [6, 6.07) is 22.6. The van der Waals surface area contributed by atoms with Gasteiger partial charge in [-0.25, -0.2) is 0 Å². The number of benzene rings is 3. The lowest BCUT2D eigenvalue weighted by Gasteiger charge is -2.14. The molecule has 5 heteroatoms. The average Bonchev–Trinajstić information content (AvgIpc) is 3.35. The molecule has 0 unspecified atom stereocenters. The number of aromatic amines is 1. The Kier molecular flexibility index (Phi) is 7.87. The van der Waals surface area contributed by atoms with Gasteiger partial charge in [0.15, 0.2) is 0 Å². The Bertz CT molecular complexity index is 1230. The number of hydrogen-bond donors (Lipinski definition) is 1. The molecule has 1 N–H and O–H groups in total. The second-order valence-corrected chi connectivity index (χ2v) is 8.32. The van der Waals surface area contributed by atoms with E-state index in [0.717, 1.165) is 64.1 Å². The maximum Gasteiger partial charge on any atom is 0.305 e. The number of esters is 1. The van der Waals surface area contributed by atoms with Crippen molar-refractivity contribution in [2.45, 2.75) is 39.2 Å². The molecular weight excluding hydrogens is 426 g/mol. The molecule has 0 fully saturated rings. The number of hydrogen-bond acceptors (Lipinski definition) is 4. The van der Waals surface area contributed by atoms with Crippen molar-refractivity contribution in [3.05, 3.63) is 84.1 Å². The number of aromatic nitrogens is 1. The Morgan fingerprint density at radius 2 is 1.74 bits per heavy atom. The molecule has 4 aromatic rings. The number of ether oxygens (including phenoxy) is 3. The van der Waals surface area contributed by atoms with Gasteiger partial charge in [-0.3, -0.25) is 4.79 Å². The number of rotatable bonds is 11. The number of fused-ring (bicyclic) bond motifs is 1. The molecule has 0 aliphatic carbocycles. The first-order chi connectivity index (χ1) is 16.7. The second kappa shape index (κ2) is 11.4. The fourth-order valence-electron chi connectivity index (χ4n) is 3.83. The Morgan fingerprint density at radius 3 is 2.53 bits per heavy atom. The summed E-state index contributed by atoms with van der Waals surface area (Å²) in [7, 11) is 1.42. The highest BCUT2D eigenvalue weighted by atomic mass is 16.5. The maximum absolute atomic E-state index is 11.6. The Balaban J connectivity index is 1.53. The normalized spacial score (nSPS) is 10.9. The van der Waals surface area contributed by atoms with Crippen molar-refractivity contribution in [2.24, 2.45) is 0 Å². The van der Waals surface area contributed by atoms with Crippen LogP contribution < -0.4 is 9.47 Å². The summed E-state index contributed by atoms with van der Waals surface area (Å²) in [4.78, 5) is 14.9. The highest BCUT2D eigenvalue weighted by Gasteiger charge is 2.11. The first-order valence-corrected chi connectivity index (χ1v) is 11.8. The Labute approximate surface area is 200 Å². The molecule has 34 heavy (non-hydrogen) atoms. The molecule has 0 radical (unpaired) electrons. The van der Waals surface area contributed by atoms with Gasteiger partial charge < -0.3 is 19.2 Å². The highest BCUT2D eigenvalue weighted by Crippen LogP contribution is 2.34. The van der Waals surface area contributed by atoms with Crippen molar-refractivity contribution in [2.75, 3.05) is 13.7 Å². The Morgan fingerprint density at radius 1 is 0.912 bits per heavy atom. The Hall–Kier alpha value is -3.73. The third-order valence-electron chi connectivity index (χ3n) is 5.84. The van der Waals surface area contributed by atoms with E-state index in [1.807, 2.05) is 42.6 Å². The van der Waals surface area contributed by atoms with Crippen LogP contribution in [0.3, 0.4) is 0 Å². The zero-order valence-corrected chi connectivity index (χ0v) is 19.8. The molecule has 0 aliphatic rings. The van der Waals surface area contributed by atoms with Crippen molar-refractivity contribution in [3.63, 3.8) is 0 Å². The fraction of sp³-hybridized carbons (Fsp3) is 0.276. The van der Waals surface area contributed by atoms with Crippen molar-refractivity contribution in [3.8, 4) is 22.6 Å². The van der Waals surface area contributed by atoms with E-state index >= 15 is 0 Å². The largest absolute Gasteiger partial charge is 0.494 e. The minimum Gasteiger partial charge on any atom is -0.494 e. The summed E-state index contributed by atoms with van der Waals surface area (Å²) in [5, 5.41) is 1.14. The van der Waals surface area contributed by atoms with Crippen LogP contribution in [0.4, 0.5) is 0 Å². The van der Waals surface area contributed by atoms with E-state index < -0.39 is 0 Å². The lowest BCUT2D eigenvalue weighted by Crippen LogP contribution is -2.03. The van der Waals surface area contributed by atoms with Crippen LogP contribution in [-0.2, 0) is 22.6 Å². The lowest BCUT2D eigenvalue weighted by molar-refractivity contribution is -0.140. The van der Waals surface area contributed by atoms with E-state index in [0.29, 0.717) is 19.4 Å². The van der Waals surface area contributed by atoms with Crippen LogP contribution in [0, 0.1) is 0 Å². The van der Waals surface area contributed by atoms with Crippen molar-refractivity contribution in [1.29, 1.82) is 0 Å². The summed E-state index contributed by atoms with van der Waals surface area (Å²) in [5.41, 5.74) is 5.31. The van der Waals surface area contributed by atoms with Gasteiger partial charge >= 0.3 is 5.97 Å². The summed E-state index contributed by atoms with van der Waals surface area (Å²) in [6.45, 7) is 3.35. The van der Waals surface area contributed by atoms with Gasteiger partial charge in [0, 0.05) is 23.7 Å². The van der Waals surface area contributed by atoms with Crippen LogP contribution in [0.15, 0.2) is 72.9 Å². The van der Waals surface area contributed by atoms with Crippen LogP contribution in [0.5, 0.6) is 11.5 Å². The van der Waals surface area contributed by atoms with Crippen LogP contribution in [-0.4, -0.2) is 24.7 Å². The molecule has 0 bridgehead atoms. The average molecular weight is 458 g/mol. The molecule has 3 aromatic carbocycles. The smallest absolute Gasteiger partial charge is 0.305 e. The molecule has 0 atom stereocenters. The van der Waals surface area contributed by atoms with Crippen LogP contribution in [0.25, 0.3) is 22.0 Å². The van der Waals surface area contributed by atoms with E-state index in [1.54, 1.807) is 0 Å². The van der Waals surface area contributed by atoms with Gasteiger partial charge in [-0.05, 0) is 77.4 Å². The second-order valence-electron chi connectivity index (χ2n) is 8.32. The van der Waals surface area contributed by atoms with E-state index in [-0.39, 0.29) is 5.97 Å². The van der Waals surface area contributed by atoms with Crippen molar-refractivity contribution < 1.29 is 19.0 Å².